The molecule has 0 bridgehead atoms. The van der Waals surface area contributed by atoms with E-state index in [1.165, 1.54) is 0 Å². The summed E-state index contributed by atoms with van der Waals surface area (Å²) in [6, 6.07) is 33.4. The number of carbonyl (C=O) groups is 2. The summed E-state index contributed by atoms with van der Waals surface area (Å²) in [5, 5.41) is 1.09. The van der Waals surface area contributed by atoms with Crippen molar-refractivity contribution in [3.63, 3.8) is 0 Å². The fourth-order valence-electron chi connectivity index (χ4n) is 4.22. The summed E-state index contributed by atoms with van der Waals surface area (Å²) in [5.74, 6) is 0.449. The Morgan fingerprint density at radius 2 is 1.35 bits per heavy atom. The molecule has 0 aliphatic heterocycles. The molecule has 4 nitrogen and oxygen atoms in total. The van der Waals surface area contributed by atoms with Gasteiger partial charge in [-0.15, -0.1) is 0 Å². The van der Waals surface area contributed by atoms with E-state index >= 15 is 0 Å². The quantitative estimate of drug-likeness (QED) is 0.165. The van der Waals surface area contributed by atoms with Crippen molar-refractivity contribution in [3.8, 4) is 0 Å². The molecule has 0 saturated heterocycles. The number of Topliss-reactive ketones (excluding diaryl/α,β-unsaturated/α-hetero) is 2. The Labute approximate surface area is 202 Å². The van der Waals surface area contributed by atoms with E-state index in [0.717, 1.165) is 31.4 Å². The number of aromatic nitrogens is 1. The van der Waals surface area contributed by atoms with Crippen molar-refractivity contribution in [3.05, 3.63) is 124 Å². The Balaban J connectivity index is 1.42. The van der Waals surface area contributed by atoms with Crippen LogP contribution in [-0.4, -0.2) is 31.1 Å². The molecule has 5 heteroatoms. The van der Waals surface area contributed by atoms with Gasteiger partial charge < -0.3 is 0 Å². The van der Waals surface area contributed by atoms with Crippen LogP contribution in [-0.2, 0) is 0 Å². The van der Waals surface area contributed by atoms with E-state index < -0.39 is 0 Å². The van der Waals surface area contributed by atoms with E-state index in [9.17, 15) is 9.59 Å². The van der Waals surface area contributed by atoms with Crippen LogP contribution >= 0.6 is 0 Å². The van der Waals surface area contributed by atoms with Crippen LogP contribution < -0.4 is 4.90 Å². The normalized spacial score (nSPS) is 12.8. The van der Waals surface area contributed by atoms with Gasteiger partial charge in [0.05, 0.1) is 0 Å². The second-order valence-corrected chi connectivity index (χ2v) is 10.3. The summed E-state index contributed by atoms with van der Waals surface area (Å²) in [6.45, 7) is 0. The summed E-state index contributed by atoms with van der Waals surface area (Å²) in [4.78, 5) is 32.7. The average Bonchev–Trinajstić information content (AvgIpc) is 3.44. The van der Waals surface area contributed by atoms with Gasteiger partial charge in [0.25, 0.3) is 0 Å². The maximum absolute atomic E-state index is 12.8. The number of rotatable bonds is 4. The second kappa shape index (κ2) is 8.38. The number of pyridine rings is 1. The van der Waals surface area contributed by atoms with Crippen LogP contribution in [0.1, 0.15) is 25.2 Å². The number of para-hydroxylation sites is 2. The van der Waals surface area contributed by atoms with Crippen LogP contribution in [0.4, 0.5) is 16.1 Å². The van der Waals surface area contributed by atoms with Crippen molar-refractivity contribution in [1.29, 1.82) is 0 Å². The van der Waals surface area contributed by atoms with Crippen molar-refractivity contribution in [2.45, 2.75) is 0 Å². The Hall–Kier alpha value is -4.05. The van der Waals surface area contributed by atoms with Crippen molar-refractivity contribution in [2.75, 3.05) is 4.90 Å². The minimum atomic E-state index is -0.193. The first-order valence-corrected chi connectivity index (χ1v) is 12.6. The van der Waals surface area contributed by atoms with Crippen LogP contribution in [0.25, 0.3) is 17.0 Å². The predicted molar refractivity (Wildman–Crippen MR) is 136 cm³/mol. The molecule has 2 heterocycles. The summed E-state index contributed by atoms with van der Waals surface area (Å²) < 4.78 is 2.07. The van der Waals surface area contributed by atoms with Crippen LogP contribution in [0, 0.1) is 0 Å². The zero-order valence-corrected chi connectivity index (χ0v) is 19.7. The van der Waals surface area contributed by atoms with Gasteiger partial charge in [0.1, 0.15) is 0 Å². The Morgan fingerprint density at radius 1 is 0.676 bits per heavy atom. The summed E-state index contributed by atoms with van der Waals surface area (Å²) in [7, 11) is 0. The van der Waals surface area contributed by atoms with Gasteiger partial charge in [0.15, 0.2) is 0 Å². The number of anilines is 3. The van der Waals surface area contributed by atoms with Crippen LogP contribution in [0.5, 0.6) is 0 Å². The van der Waals surface area contributed by atoms with Gasteiger partial charge >= 0.3 is 203 Å². The number of carbonyl (C=O) groups excluding carboxylic acids is 2. The standard InChI is InChI=1S/C29H18N2O2Se/c32-28-22-11-5-6-12-23(22)29(33)24(28)18-21-15-17-27(34-21)31(20-9-2-1-3-10-20)26-16-14-19-8-4-7-13-25(19)30-26/h1-18H. The molecule has 2 aromatic heterocycles. The van der Waals surface area contributed by atoms with Gasteiger partial charge in [-0.25, -0.2) is 0 Å². The third-order valence-electron chi connectivity index (χ3n) is 5.85. The number of benzene rings is 3. The minimum absolute atomic E-state index is 0.106. The Morgan fingerprint density at radius 3 is 2.12 bits per heavy atom. The summed E-state index contributed by atoms with van der Waals surface area (Å²) in [5.41, 5.74) is 3.18. The molecule has 3 aromatic carbocycles. The molecular weight excluding hydrogens is 487 g/mol. The first-order valence-electron chi connectivity index (χ1n) is 10.9. The number of nitrogens with zero attached hydrogens (tertiary/aromatic N) is 2. The number of allylic oxidation sites excluding steroid dienone is 1. The van der Waals surface area contributed by atoms with E-state index in [4.69, 9.17) is 4.98 Å². The molecule has 5 aromatic rings. The third-order valence-corrected chi connectivity index (χ3v) is 7.99. The van der Waals surface area contributed by atoms with Crippen LogP contribution in [0.2, 0.25) is 0 Å². The number of fused-ring (bicyclic) bond motifs is 2. The zero-order valence-electron chi connectivity index (χ0n) is 18.0. The molecule has 1 aliphatic carbocycles. The van der Waals surface area contributed by atoms with Gasteiger partial charge in [-0.1, -0.05) is 0 Å². The molecule has 0 N–H and O–H groups in total. The molecule has 0 unspecified atom stereocenters. The summed E-state index contributed by atoms with van der Waals surface area (Å²) >= 11 is -0.106. The monoisotopic (exact) mass is 506 g/mol. The molecule has 0 spiro atoms. The molecular formula is C29H18N2O2Se. The van der Waals surface area contributed by atoms with Crippen LogP contribution in [0.3, 0.4) is 0 Å². The molecule has 0 saturated carbocycles. The molecule has 0 amide bonds. The van der Waals surface area contributed by atoms with E-state index in [0.29, 0.717) is 11.1 Å². The first kappa shape index (κ1) is 20.5. The molecule has 6 rings (SSSR count). The SMILES string of the molecule is O=C1C(=Cc2ccc(N(c3ccccc3)c3ccc4ccccc4n3)[se]2)C(=O)c2ccccc21. The topological polar surface area (TPSA) is 50.3 Å². The van der Waals surface area contributed by atoms with Gasteiger partial charge in [-0.05, 0) is 0 Å². The number of hydrogen-bond donors (Lipinski definition) is 0. The van der Waals surface area contributed by atoms with Gasteiger partial charge in [0, 0.05) is 0 Å². The molecule has 0 fully saturated rings. The van der Waals surface area contributed by atoms with Crippen LogP contribution in [0.15, 0.2) is 109 Å². The second-order valence-electron chi connectivity index (χ2n) is 7.97. The number of ketones is 2. The average molecular weight is 505 g/mol. The number of hydrogen-bond acceptors (Lipinski definition) is 4. The fraction of sp³-hybridized carbons (Fsp3) is 0. The van der Waals surface area contributed by atoms with Gasteiger partial charge in [0.2, 0.25) is 0 Å². The zero-order chi connectivity index (χ0) is 23.1. The van der Waals surface area contributed by atoms with E-state index in [-0.39, 0.29) is 31.6 Å². The third kappa shape index (κ3) is 3.52. The first-order chi connectivity index (χ1) is 16.7. The van der Waals surface area contributed by atoms with E-state index in [1.807, 2.05) is 48.5 Å². The van der Waals surface area contributed by atoms with Gasteiger partial charge in [-0.3, -0.25) is 0 Å². The Bertz CT molecular complexity index is 1560. The summed E-state index contributed by atoms with van der Waals surface area (Å²) in [6.07, 6.45) is 1.77. The van der Waals surface area contributed by atoms with Crippen molar-refractivity contribution < 1.29 is 9.59 Å². The van der Waals surface area contributed by atoms with E-state index in [1.54, 1.807) is 30.3 Å². The van der Waals surface area contributed by atoms with Crippen molar-refractivity contribution in [2.24, 2.45) is 0 Å². The van der Waals surface area contributed by atoms with Crippen molar-refractivity contribution >= 4 is 59.1 Å². The van der Waals surface area contributed by atoms with Crippen molar-refractivity contribution in [1.82, 2.24) is 4.98 Å². The molecule has 162 valence electrons. The molecule has 0 atom stereocenters. The maximum atomic E-state index is 12.8. The van der Waals surface area contributed by atoms with Gasteiger partial charge in [-0.2, -0.15) is 0 Å². The Kier molecular flexibility index (Phi) is 5.06. The van der Waals surface area contributed by atoms with E-state index in [2.05, 4.69) is 35.2 Å². The molecule has 1 aliphatic rings. The predicted octanol–water partition coefficient (Wildman–Crippen LogP) is 6.22. The molecule has 0 radical (unpaired) electrons. The fourth-order valence-corrected chi connectivity index (χ4v) is 6.27. The molecule has 34 heavy (non-hydrogen) atoms.